The molecule has 0 radical (unpaired) electrons. The van der Waals surface area contributed by atoms with Gasteiger partial charge in [0.25, 0.3) is 5.91 Å². The highest BCUT2D eigenvalue weighted by Crippen LogP contribution is 2.28. The number of ketones is 1. The first-order chi connectivity index (χ1) is 13.7. The highest BCUT2D eigenvalue weighted by molar-refractivity contribution is 6.35. The standard InChI is InChI=1S/C20H19Cl2NO6/c1-11(24)13-4-7-17(18(8-13)27-3)28-10-19(25)29-12(2)20(26)23-16-9-14(21)5-6-15(16)22/h4-9,12H,10H2,1-3H3,(H,23,26). The summed E-state index contributed by atoms with van der Waals surface area (Å²) < 4.78 is 15.6. The van der Waals surface area contributed by atoms with Gasteiger partial charge in [-0.2, -0.15) is 0 Å². The molecule has 2 aromatic rings. The first-order valence-electron chi connectivity index (χ1n) is 8.48. The summed E-state index contributed by atoms with van der Waals surface area (Å²) >= 11 is 11.9. The van der Waals surface area contributed by atoms with Crippen LogP contribution >= 0.6 is 23.2 Å². The van der Waals surface area contributed by atoms with Crippen molar-refractivity contribution in [3.63, 3.8) is 0 Å². The molecule has 0 saturated carbocycles. The second kappa shape index (κ2) is 10.1. The summed E-state index contributed by atoms with van der Waals surface area (Å²) in [4.78, 5) is 35.6. The third kappa shape index (κ3) is 6.37. The minimum absolute atomic E-state index is 0.131. The van der Waals surface area contributed by atoms with Crippen LogP contribution in [0.4, 0.5) is 5.69 Å². The average Bonchev–Trinajstić information content (AvgIpc) is 2.68. The summed E-state index contributed by atoms with van der Waals surface area (Å²) in [7, 11) is 1.41. The molecule has 2 rings (SSSR count). The van der Waals surface area contributed by atoms with E-state index in [-0.39, 0.29) is 11.5 Å². The fourth-order valence-corrected chi connectivity index (χ4v) is 2.59. The van der Waals surface area contributed by atoms with Gasteiger partial charge in [-0.1, -0.05) is 23.2 Å². The molecule has 7 nitrogen and oxygen atoms in total. The number of carbonyl (C=O) groups is 3. The molecule has 0 fully saturated rings. The van der Waals surface area contributed by atoms with Gasteiger partial charge in [0.2, 0.25) is 0 Å². The van der Waals surface area contributed by atoms with Gasteiger partial charge in [-0.05, 0) is 50.2 Å². The van der Waals surface area contributed by atoms with Crippen LogP contribution in [0.5, 0.6) is 11.5 Å². The van der Waals surface area contributed by atoms with Gasteiger partial charge in [0.15, 0.2) is 30.0 Å². The van der Waals surface area contributed by atoms with E-state index < -0.39 is 24.6 Å². The molecule has 0 aliphatic carbocycles. The monoisotopic (exact) mass is 439 g/mol. The van der Waals surface area contributed by atoms with Crippen LogP contribution in [0.15, 0.2) is 36.4 Å². The Kier molecular flexibility index (Phi) is 7.87. The van der Waals surface area contributed by atoms with Crippen LogP contribution in [0.25, 0.3) is 0 Å². The minimum atomic E-state index is -1.09. The molecule has 0 spiro atoms. The number of carbonyl (C=O) groups excluding carboxylic acids is 3. The molecule has 0 aliphatic heterocycles. The van der Waals surface area contributed by atoms with Gasteiger partial charge in [0, 0.05) is 10.6 Å². The Morgan fingerprint density at radius 2 is 1.79 bits per heavy atom. The molecule has 9 heteroatoms. The third-order valence-corrected chi connectivity index (χ3v) is 4.34. The van der Waals surface area contributed by atoms with E-state index in [0.717, 1.165) is 0 Å². The van der Waals surface area contributed by atoms with Gasteiger partial charge < -0.3 is 19.5 Å². The van der Waals surface area contributed by atoms with Crippen molar-refractivity contribution in [2.75, 3.05) is 19.0 Å². The summed E-state index contributed by atoms with van der Waals surface area (Å²) in [6.07, 6.45) is -1.09. The van der Waals surface area contributed by atoms with Gasteiger partial charge in [-0.25, -0.2) is 4.79 Å². The number of halogens is 2. The Hall–Kier alpha value is -2.77. The van der Waals surface area contributed by atoms with Crippen LogP contribution in [0, 0.1) is 0 Å². The van der Waals surface area contributed by atoms with Crippen molar-refractivity contribution in [1.82, 2.24) is 0 Å². The zero-order valence-electron chi connectivity index (χ0n) is 16.0. The molecule has 0 heterocycles. The number of nitrogens with one attached hydrogen (secondary N) is 1. The molecule has 0 aliphatic rings. The van der Waals surface area contributed by atoms with E-state index in [1.54, 1.807) is 12.1 Å². The van der Waals surface area contributed by atoms with E-state index in [0.29, 0.717) is 27.0 Å². The summed E-state index contributed by atoms with van der Waals surface area (Å²) in [6.45, 7) is 2.38. The molecule has 0 saturated heterocycles. The number of Topliss-reactive ketones (excluding diaryl/α,β-unsaturated/α-hetero) is 1. The first kappa shape index (κ1) is 22.5. The van der Waals surface area contributed by atoms with Crippen LogP contribution in [0.2, 0.25) is 10.0 Å². The maximum atomic E-state index is 12.2. The molecule has 0 aromatic heterocycles. The molecule has 1 atom stereocenters. The molecule has 29 heavy (non-hydrogen) atoms. The number of esters is 1. The normalized spacial score (nSPS) is 11.3. The second-order valence-corrected chi connectivity index (χ2v) is 6.80. The lowest BCUT2D eigenvalue weighted by molar-refractivity contribution is -0.155. The van der Waals surface area contributed by atoms with Crippen molar-refractivity contribution in [2.24, 2.45) is 0 Å². The molecule has 0 bridgehead atoms. The molecule has 1 unspecified atom stereocenters. The Morgan fingerprint density at radius 3 is 2.45 bits per heavy atom. The predicted octanol–water partition coefficient (Wildman–Crippen LogP) is 4.15. The number of rotatable bonds is 8. The summed E-state index contributed by atoms with van der Waals surface area (Å²) in [5, 5.41) is 3.23. The number of hydrogen-bond donors (Lipinski definition) is 1. The van der Waals surface area contributed by atoms with Crippen molar-refractivity contribution in [1.29, 1.82) is 0 Å². The van der Waals surface area contributed by atoms with E-state index in [1.165, 1.54) is 45.2 Å². The third-order valence-electron chi connectivity index (χ3n) is 3.78. The topological polar surface area (TPSA) is 90.9 Å². The predicted molar refractivity (Wildman–Crippen MR) is 109 cm³/mol. The fraction of sp³-hybridized carbons (Fsp3) is 0.250. The lowest BCUT2D eigenvalue weighted by atomic mass is 10.1. The number of methoxy groups -OCH3 is 1. The Morgan fingerprint density at radius 1 is 1.07 bits per heavy atom. The lowest BCUT2D eigenvalue weighted by Crippen LogP contribution is -2.31. The van der Waals surface area contributed by atoms with Gasteiger partial charge in [-0.3, -0.25) is 9.59 Å². The van der Waals surface area contributed by atoms with Gasteiger partial charge >= 0.3 is 5.97 Å². The van der Waals surface area contributed by atoms with Gasteiger partial charge in [-0.15, -0.1) is 0 Å². The molecular formula is C20H19Cl2NO6. The molecule has 1 N–H and O–H groups in total. The van der Waals surface area contributed by atoms with Crippen molar-refractivity contribution >= 4 is 46.5 Å². The Labute approximate surface area is 177 Å². The number of anilines is 1. The van der Waals surface area contributed by atoms with Crippen molar-refractivity contribution in [2.45, 2.75) is 20.0 Å². The van der Waals surface area contributed by atoms with Crippen molar-refractivity contribution in [3.8, 4) is 11.5 Å². The van der Waals surface area contributed by atoms with Gasteiger partial charge in [0.05, 0.1) is 17.8 Å². The van der Waals surface area contributed by atoms with E-state index in [1.807, 2.05) is 0 Å². The second-order valence-electron chi connectivity index (χ2n) is 5.96. The SMILES string of the molecule is COc1cc(C(C)=O)ccc1OCC(=O)OC(C)C(=O)Nc1cc(Cl)ccc1Cl. The molecule has 154 valence electrons. The van der Waals surface area contributed by atoms with Gasteiger partial charge in [0.1, 0.15) is 0 Å². The van der Waals surface area contributed by atoms with Crippen LogP contribution in [0.1, 0.15) is 24.2 Å². The molecule has 1 amide bonds. The Bertz CT molecular complexity index is 931. The van der Waals surface area contributed by atoms with Crippen molar-refractivity contribution in [3.05, 3.63) is 52.0 Å². The first-order valence-corrected chi connectivity index (χ1v) is 9.24. The quantitative estimate of drug-likeness (QED) is 0.490. The van der Waals surface area contributed by atoms with E-state index >= 15 is 0 Å². The van der Waals surface area contributed by atoms with E-state index in [2.05, 4.69) is 5.32 Å². The fourth-order valence-electron chi connectivity index (χ4n) is 2.25. The maximum absolute atomic E-state index is 12.2. The highest BCUT2D eigenvalue weighted by Gasteiger charge is 2.20. The zero-order chi connectivity index (χ0) is 21.6. The smallest absolute Gasteiger partial charge is 0.344 e. The summed E-state index contributed by atoms with van der Waals surface area (Å²) in [5.41, 5.74) is 0.750. The number of hydrogen-bond acceptors (Lipinski definition) is 6. The highest BCUT2D eigenvalue weighted by atomic mass is 35.5. The molecular weight excluding hydrogens is 421 g/mol. The zero-order valence-corrected chi connectivity index (χ0v) is 17.5. The largest absolute Gasteiger partial charge is 0.493 e. The van der Waals surface area contributed by atoms with Crippen LogP contribution < -0.4 is 14.8 Å². The number of amides is 1. The average molecular weight is 440 g/mol. The van der Waals surface area contributed by atoms with Crippen molar-refractivity contribution < 1.29 is 28.6 Å². The lowest BCUT2D eigenvalue weighted by Gasteiger charge is -2.15. The number of ether oxygens (including phenoxy) is 3. The molecule has 2 aromatic carbocycles. The van der Waals surface area contributed by atoms with E-state index in [9.17, 15) is 14.4 Å². The summed E-state index contributed by atoms with van der Waals surface area (Å²) in [6, 6.07) is 9.17. The van der Waals surface area contributed by atoms with Crippen LogP contribution in [-0.4, -0.2) is 37.5 Å². The minimum Gasteiger partial charge on any atom is -0.493 e. The van der Waals surface area contributed by atoms with Crippen LogP contribution in [-0.2, 0) is 14.3 Å². The Balaban J connectivity index is 1.92. The number of benzene rings is 2. The maximum Gasteiger partial charge on any atom is 0.344 e. The van der Waals surface area contributed by atoms with E-state index in [4.69, 9.17) is 37.4 Å². The summed E-state index contributed by atoms with van der Waals surface area (Å²) in [5.74, 6) is -0.911. The van der Waals surface area contributed by atoms with Crippen LogP contribution in [0.3, 0.4) is 0 Å².